The van der Waals surface area contributed by atoms with E-state index in [-0.39, 0.29) is 17.2 Å². The second-order valence-electron chi connectivity index (χ2n) is 6.17. The van der Waals surface area contributed by atoms with Crippen molar-refractivity contribution in [2.75, 3.05) is 13.1 Å². The largest absolute Gasteiger partial charge is 0.481 e. The van der Waals surface area contributed by atoms with Crippen LogP contribution in [-0.4, -0.2) is 44.9 Å². The maximum Gasteiger partial charge on any atom is 0.307 e. The maximum absolute atomic E-state index is 12.5. The molecule has 21 heavy (non-hydrogen) atoms. The van der Waals surface area contributed by atoms with E-state index in [2.05, 4.69) is 9.97 Å². The monoisotopic (exact) mass is 289 g/mol. The van der Waals surface area contributed by atoms with Crippen molar-refractivity contribution in [3.8, 4) is 0 Å². The number of nitrogens with zero attached hydrogens (tertiary/aromatic N) is 3. The minimum atomic E-state index is -0.697. The number of rotatable bonds is 2. The van der Waals surface area contributed by atoms with Gasteiger partial charge in [0.15, 0.2) is 0 Å². The average molecular weight is 289 g/mol. The Morgan fingerprint density at radius 3 is 2.52 bits per heavy atom. The molecule has 1 aliphatic carbocycles. The van der Waals surface area contributed by atoms with Gasteiger partial charge in [0, 0.05) is 19.3 Å². The molecule has 0 radical (unpaired) electrons. The first-order valence-electron chi connectivity index (χ1n) is 7.25. The number of aromatic nitrogens is 2. The Morgan fingerprint density at radius 2 is 2.00 bits per heavy atom. The minimum absolute atomic E-state index is 0.0464. The molecule has 1 amide bonds. The summed E-state index contributed by atoms with van der Waals surface area (Å²) in [5.74, 6) is -0.296. The van der Waals surface area contributed by atoms with Gasteiger partial charge in [0.05, 0.1) is 17.2 Å². The lowest BCUT2D eigenvalue weighted by molar-refractivity contribution is -0.139. The number of amides is 1. The van der Waals surface area contributed by atoms with E-state index in [4.69, 9.17) is 5.11 Å². The lowest BCUT2D eigenvalue weighted by Gasteiger charge is -2.32. The number of aliphatic carboxylic acids is 1. The van der Waals surface area contributed by atoms with E-state index in [9.17, 15) is 9.59 Å². The van der Waals surface area contributed by atoms with Crippen LogP contribution in [0.25, 0.3) is 0 Å². The molecule has 1 saturated carbocycles. The molecule has 1 aromatic rings. The van der Waals surface area contributed by atoms with Gasteiger partial charge in [0.25, 0.3) is 5.91 Å². The van der Waals surface area contributed by atoms with Crippen molar-refractivity contribution in [2.45, 2.75) is 33.1 Å². The predicted octanol–water partition coefficient (Wildman–Crippen LogP) is 1.42. The molecule has 112 valence electrons. The molecule has 3 rings (SSSR count). The minimum Gasteiger partial charge on any atom is -0.481 e. The molecule has 6 heteroatoms. The number of carboxylic acids is 1. The van der Waals surface area contributed by atoms with Gasteiger partial charge < -0.3 is 10.0 Å². The van der Waals surface area contributed by atoms with E-state index in [1.807, 2.05) is 6.92 Å². The van der Waals surface area contributed by atoms with Gasteiger partial charge in [-0.2, -0.15) is 0 Å². The number of carbonyl (C=O) groups is 2. The zero-order valence-electron chi connectivity index (χ0n) is 12.3. The lowest BCUT2D eigenvalue weighted by atomic mass is 9.90. The molecule has 1 atom stereocenters. The Morgan fingerprint density at radius 1 is 1.33 bits per heavy atom. The second kappa shape index (κ2) is 4.79. The zero-order valence-corrected chi connectivity index (χ0v) is 12.3. The highest BCUT2D eigenvalue weighted by Crippen LogP contribution is 2.59. The molecule has 1 saturated heterocycles. The second-order valence-corrected chi connectivity index (χ2v) is 6.17. The first kappa shape index (κ1) is 14.0. The molecule has 2 heterocycles. The molecule has 1 aliphatic heterocycles. The molecule has 1 aromatic heterocycles. The van der Waals surface area contributed by atoms with Crippen LogP contribution in [0.1, 0.15) is 41.1 Å². The Kier molecular flexibility index (Phi) is 3.19. The van der Waals surface area contributed by atoms with Crippen molar-refractivity contribution in [1.29, 1.82) is 0 Å². The molecular weight excluding hydrogens is 270 g/mol. The van der Waals surface area contributed by atoms with Crippen molar-refractivity contribution < 1.29 is 14.7 Å². The Labute approximate surface area is 123 Å². The number of likely N-dealkylation sites (tertiary alicyclic amines) is 1. The topological polar surface area (TPSA) is 83.4 Å². The summed E-state index contributed by atoms with van der Waals surface area (Å²) in [4.78, 5) is 33.7. The molecule has 2 fully saturated rings. The molecule has 0 bridgehead atoms. The number of piperidine rings is 1. The Hall–Kier alpha value is -1.98. The highest BCUT2D eigenvalue weighted by Gasteiger charge is 2.59. The van der Waals surface area contributed by atoms with Crippen LogP contribution in [0.15, 0.2) is 6.20 Å². The van der Waals surface area contributed by atoms with Crippen LogP contribution in [0.3, 0.4) is 0 Å². The zero-order chi connectivity index (χ0) is 15.2. The van der Waals surface area contributed by atoms with Crippen molar-refractivity contribution in [2.24, 2.45) is 11.3 Å². The van der Waals surface area contributed by atoms with Crippen molar-refractivity contribution in [3.05, 3.63) is 23.3 Å². The van der Waals surface area contributed by atoms with Crippen LogP contribution in [0, 0.1) is 25.2 Å². The van der Waals surface area contributed by atoms with Gasteiger partial charge in [-0.05, 0) is 38.5 Å². The number of carbonyl (C=O) groups excluding carboxylic acids is 1. The standard InChI is InChI=1S/C15H19N3O3/c1-9-11(8-16-10(2)17-9)13(19)18-5-3-15(4-6-18)7-12(15)14(20)21/h8,12H,3-7H2,1-2H3,(H,20,21). The van der Waals surface area contributed by atoms with Gasteiger partial charge in [-0.15, -0.1) is 0 Å². The van der Waals surface area contributed by atoms with E-state index in [0.29, 0.717) is 30.2 Å². The summed E-state index contributed by atoms with van der Waals surface area (Å²) < 4.78 is 0. The van der Waals surface area contributed by atoms with Gasteiger partial charge in [0.1, 0.15) is 5.82 Å². The fraction of sp³-hybridized carbons (Fsp3) is 0.600. The molecule has 2 aliphatic rings. The van der Waals surface area contributed by atoms with Gasteiger partial charge in [0.2, 0.25) is 0 Å². The van der Waals surface area contributed by atoms with Crippen LogP contribution in [-0.2, 0) is 4.79 Å². The molecule has 0 aromatic carbocycles. The van der Waals surface area contributed by atoms with Crippen molar-refractivity contribution in [3.63, 3.8) is 0 Å². The van der Waals surface area contributed by atoms with Crippen LogP contribution in [0.5, 0.6) is 0 Å². The third-order valence-corrected chi connectivity index (χ3v) is 4.86. The van der Waals surface area contributed by atoms with Gasteiger partial charge in [-0.25, -0.2) is 9.97 Å². The van der Waals surface area contributed by atoms with Crippen LogP contribution in [0.2, 0.25) is 0 Å². The normalized spacial score (nSPS) is 23.1. The fourth-order valence-corrected chi connectivity index (χ4v) is 3.37. The van der Waals surface area contributed by atoms with Gasteiger partial charge in [-0.1, -0.05) is 0 Å². The Bertz CT molecular complexity index is 606. The molecule has 1 N–H and O–H groups in total. The summed E-state index contributed by atoms with van der Waals surface area (Å²) in [6, 6.07) is 0. The van der Waals surface area contributed by atoms with E-state index < -0.39 is 5.97 Å². The maximum atomic E-state index is 12.5. The summed E-state index contributed by atoms with van der Waals surface area (Å²) in [5.41, 5.74) is 1.19. The Balaban J connectivity index is 1.67. The van der Waals surface area contributed by atoms with E-state index in [0.717, 1.165) is 19.3 Å². The van der Waals surface area contributed by atoms with Crippen molar-refractivity contribution >= 4 is 11.9 Å². The van der Waals surface area contributed by atoms with Crippen LogP contribution in [0.4, 0.5) is 0 Å². The number of aryl methyl sites for hydroxylation is 2. The SMILES string of the molecule is Cc1ncc(C(=O)N2CCC3(CC2)CC3C(=O)O)c(C)n1. The summed E-state index contributed by atoms with van der Waals surface area (Å²) >= 11 is 0. The number of carboxylic acid groups (broad SMARTS) is 1. The molecule has 6 nitrogen and oxygen atoms in total. The van der Waals surface area contributed by atoms with E-state index >= 15 is 0 Å². The lowest BCUT2D eigenvalue weighted by Crippen LogP contribution is -2.40. The quantitative estimate of drug-likeness (QED) is 0.890. The van der Waals surface area contributed by atoms with Gasteiger partial charge >= 0.3 is 5.97 Å². The fourth-order valence-electron chi connectivity index (χ4n) is 3.37. The number of hydrogen-bond donors (Lipinski definition) is 1. The van der Waals surface area contributed by atoms with Crippen molar-refractivity contribution in [1.82, 2.24) is 14.9 Å². The van der Waals surface area contributed by atoms with E-state index in [1.54, 1.807) is 18.0 Å². The third-order valence-electron chi connectivity index (χ3n) is 4.86. The molecular formula is C15H19N3O3. The third kappa shape index (κ3) is 2.39. The predicted molar refractivity (Wildman–Crippen MR) is 74.8 cm³/mol. The first-order valence-corrected chi connectivity index (χ1v) is 7.25. The summed E-state index contributed by atoms with van der Waals surface area (Å²) in [7, 11) is 0. The highest BCUT2D eigenvalue weighted by atomic mass is 16.4. The summed E-state index contributed by atoms with van der Waals surface area (Å²) in [6.07, 6.45) is 3.90. The smallest absolute Gasteiger partial charge is 0.307 e. The summed E-state index contributed by atoms with van der Waals surface area (Å²) in [5, 5.41) is 9.09. The van der Waals surface area contributed by atoms with Crippen LogP contribution < -0.4 is 0 Å². The van der Waals surface area contributed by atoms with E-state index in [1.165, 1.54) is 0 Å². The average Bonchev–Trinajstić information content (AvgIpc) is 3.13. The summed E-state index contributed by atoms with van der Waals surface area (Å²) in [6.45, 7) is 4.85. The highest BCUT2D eigenvalue weighted by molar-refractivity contribution is 5.95. The van der Waals surface area contributed by atoms with Gasteiger partial charge in [-0.3, -0.25) is 9.59 Å². The molecule has 1 spiro atoms. The first-order chi connectivity index (χ1) is 9.93. The molecule has 1 unspecified atom stereocenters. The number of hydrogen-bond acceptors (Lipinski definition) is 4. The van der Waals surface area contributed by atoms with Crippen LogP contribution >= 0.6 is 0 Å².